The Kier molecular flexibility index (Phi) is 12.8. The van der Waals surface area contributed by atoms with Crippen molar-refractivity contribution in [1.82, 2.24) is 45.7 Å². The molecule has 0 radical (unpaired) electrons. The molecule has 2 aromatic heterocycles. The fourth-order valence-electron chi connectivity index (χ4n) is 5.46. The molecular formula is C30H29N12NaO10S3. The van der Waals surface area contributed by atoms with E-state index in [0.717, 1.165) is 41.7 Å². The number of sulfonamides is 1. The monoisotopic (exact) mass is 836 g/mol. The second-order valence-electron chi connectivity index (χ2n) is 11.7. The Morgan fingerprint density at radius 3 is 2.46 bits per heavy atom. The maximum Gasteiger partial charge on any atom is 1.00 e. The number of hydrogen-bond acceptors (Lipinski definition) is 17. The number of aromatic amines is 1. The number of phenols is 1. The van der Waals surface area contributed by atoms with Gasteiger partial charge in [-0.3, -0.25) is 24.3 Å². The first-order valence-corrected chi connectivity index (χ1v) is 19.2. The molecule has 0 unspecified atom stereocenters. The Morgan fingerprint density at radius 2 is 1.88 bits per heavy atom. The number of tetrazole rings is 1. The molecule has 0 aliphatic carbocycles. The van der Waals surface area contributed by atoms with Gasteiger partial charge in [0.25, 0.3) is 17.2 Å². The molecule has 8 N–H and O–H groups in total. The predicted molar refractivity (Wildman–Crippen MR) is 191 cm³/mol. The molecule has 3 atom stereocenters. The Labute approximate surface area is 346 Å². The second-order valence-corrected chi connectivity index (χ2v) is 15.2. The summed E-state index contributed by atoms with van der Waals surface area (Å²) in [5.41, 5.74) is -2.74. The first-order chi connectivity index (χ1) is 26.1. The smallest absolute Gasteiger partial charge is 0.543 e. The maximum atomic E-state index is 13.9. The van der Waals surface area contributed by atoms with Gasteiger partial charge in [-0.1, -0.05) is 23.9 Å². The summed E-state index contributed by atoms with van der Waals surface area (Å²) in [5, 5.41) is 47.8. The Bertz CT molecular complexity index is 2380. The van der Waals surface area contributed by atoms with Crippen LogP contribution in [0.25, 0.3) is 0 Å². The van der Waals surface area contributed by atoms with Crippen LogP contribution in [-0.2, 0) is 36.2 Å². The topological polar surface area (TPSA) is 322 Å². The van der Waals surface area contributed by atoms with E-state index in [0.29, 0.717) is 16.4 Å². The summed E-state index contributed by atoms with van der Waals surface area (Å²) >= 11 is 2.27. The molecule has 2 aliphatic heterocycles. The van der Waals surface area contributed by atoms with Gasteiger partial charge in [0.2, 0.25) is 27.0 Å². The number of ether oxygens (including phenoxy) is 1. The minimum absolute atomic E-state index is 0. The zero-order valence-electron chi connectivity index (χ0n) is 29.4. The van der Waals surface area contributed by atoms with Crippen LogP contribution in [0.15, 0.2) is 80.8 Å². The molecule has 0 spiro atoms. The molecule has 22 nitrogen and oxygen atoms in total. The van der Waals surface area contributed by atoms with Crippen LogP contribution in [0.1, 0.15) is 11.6 Å². The number of aliphatic carboxylic acids is 1. The fourth-order valence-corrected chi connectivity index (χ4v) is 8.40. The second kappa shape index (κ2) is 17.0. The number of fused-ring (bicyclic) bond motifs is 1. The summed E-state index contributed by atoms with van der Waals surface area (Å²) in [6.07, 6.45) is 1.02. The van der Waals surface area contributed by atoms with Crippen molar-refractivity contribution in [3.63, 3.8) is 0 Å². The molecular weight excluding hydrogens is 808 g/mol. The van der Waals surface area contributed by atoms with Gasteiger partial charge in [0, 0.05) is 31.4 Å². The normalized spacial score (nSPS) is 18.2. The van der Waals surface area contributed by atoms with Crippen LogP contribution in [0.2, 0.25) is 0 Å². The number of anilines is 3. The van der Waals surface area contributed by atoms with E-state index >= 15 is 0 Å². The summed E-state index contributed by atoms with van der Waals surface area (Å²) in [4.78, 5) is 73.3. The number of hydrogen-bond donors (Lipinski definition) is 7. The van der Waals surface area contributed by atoms with Gasteiger partial charge in [-0.2, -0.15) is 0 Å². The van der Waals surface area contributed by atoms with E-state index in [-0.39, 0.29) is 74.6 Å². The number of nitrogens with zero attached hydrogens (tertiary/aromatic N) is 6. The van der Waals surface area contributed by atoms with Gasteiger partial charge in [-0.15, -0.1) is 16.9 Å². The molecule has 4 heterocycles. The number of carbonyl (C=O) groups excluding carboxylic acids is 4. The van der Waals surface area contributed by atoms with Gasteiger partial charge in [0.15, 0.2) is 0 Å². The molecule has 4 aromatic rings. The molecule has 2 aromatic carbocycles. The number of aryl methyl sites for hydroxylation is 1. The predicted octanol–water partition coefficient (Wildman–Crippen LogP) is -4.57. The van der Waals surface area contributed by atoms with Gasteiger partial charge in [0.05, 0.1) is 22.8 Å². The number of β-lactam (4-membered cyclic amide) rings is 1. The number of aromatic nitrogens is 6. The fraction of sp³-hybridized carbons (Fsp3) is 0.233. The SMILES string of the molecule is CO[C@@]1(NC(=O)[C@H](NC(=O)Nc2cnc(Nc3ccc(S(N)(=O)=O)cc3)[nH]c2=O)c2ccc(O)cc2)C(=O)N2C(C(=O)[O-])=C(CSc3nnnn3C)CS[C@@H]21.[Na+]. The maximum absolute atomic E-state index is 13.9. The van der Waals surface area contributed by atoms with E-state index in [1.807, 2.05) is 0 Å². The summed E-state index contributed by atoms with van der Waals surface area (Å²) in [6.45, 7) is 0. The van der Waals surface area contributed by atoms with Crippen LogP contribution < -0.4 is 66.6 Å². The summed E-state index contributed by atoms with van der Waals surface area (Å²) in [7, 11) is -1.16. The van der Waals surface area contributed by atoms with E-state index in [1.165, 1.54) is 53.2 Å². The van der Waals surface area contributed by atoms with Crippen LogP contribution in [0.4, 0.5) is 22.1 Å². The number of carbonyl (C=O) groups is 4. The number of aromatic hydroxyl groups is 1. The average Bonchev–Trinajstić information content (AvgIpc) is 3.56. The quantitative estimate of drug-likeness (QED) is 0.0288. The summed E-state index contributed by atoms with van der Waals surface area (Å²) in [5.74, 6) is -3.48. The summed E-state index contributed by atoms with van der Waals surface area (Å²) in [6, 6.07) is 7.84. The van der Waals surface area contributed by atoms with Crippen molar-refractivity contribution in [3.8, 4) is 5.75 Å². The number of primary sulfonamides is 1. The number of carboxylic acid groups (broad SMARTS) is 1. The third-order valence-electron chi connectivity index (χ3n) is 8.15. The van der Waals surface area contributed by atoms with Crippen molar-refractivity contribution in [1.29, 1.82) is 0 Å². The van der Waals surface area contributed by atoms with E-state index in [1.54, 1.807) is 7.05 Å². The number of amides is 4. The molecule has 2 aliphatic rings. The van der Waals surface area contributed by atoms with Gasteiger partial charge in [0.1, 0.15) is 22.9 Å². The van der Waals surface area contributed by atoms with Crippen LogP contribution in [0.5, 0.6) is 5.75 Å². The summed E-state index contributed by atoms with van der Waals surface area (Å²) < 4.78 is 29.9. The molecule has 56 heavy (non-hydrogen) atoms. The Hall–Kier alpha value is -5.02. The third-order valence-corrected chi connectivity index (χ3v) is 11.5. The number of benzene rings is 2. The van der Waals surface area contributed by atoms with Crippen LogP contribution >= 0.6 is 23.5 Å². The molecule has 6 rings (SSSR count). The molecule has 4 amide bonds. The van der Waals surface area contributed by atoms with Gasteiger partial charge < -0.3 is 41.0 Å². The molecule has 288 valence electrons. The molecule has 0 saturated carbocycles. The number of thioether (sulfide) groups is 2. The van der Waals surface area contributed by atoms with Crippen LogP contribution in [0, 0.1) is 0 Å². The number of carboxylic acids is 1. The average molecular weight is 837 g/mol. The zero-order chi connectivity index (χ0) is 39.7. The number of methoxy groups -OCH3 is 1. The number of nitrogens with one attached hydrogen (secondary N) is 5. The van der Waals surface area contributed by atoms with Crippen molar-refractivity contribution in [2.75, 3.05) is 29.2 Å². The van der Waals surface area contributed by atoms with Crippen molar-refractivity contribution < 1.29 is 72.1 Å². The van der Waals surface area contributed by atoms with Crippen molar-refractivity contribution in [2.24, 2.45) is 12.2 Å². The minimum Gasteiger partial charge on any atom is -0.543 e. The standard InChI is InChI=1S/C30H30N12O10S3.Na/c1-41-29(38-39-40-41)54-13-15-12-53-26-30(52-2,25(48)42(26)21(15)24(46)47)37-23(45)20(14-3-7-17(43)8-4-14)35-28(49)34-19-11-32-27(36-22(19)44)33-16-5-9-18(10-6-16)55(31,50)51;/h3-11,20,26,43H,12-13H2,1-2H3,(H,37,45)(H,46,47)(H2,31,50,51)(H2,34,35,49)(H2,32,33,36,44);/q;+1/p-1/t20-,26-,30+;/m1./s1. The third kappa shape index (κ3) is 8.68. The molecule has 0 bridgehead atoms. The van der Waals surface area contributed by atoms with Crippen molar-refractivity contribution >= 4 is 74.7 Å². The number of phenolic OH excluding ortho intramolecular Hbond substituents is 1. The zero-order valence-corrected chi connectivity index (χ0v) is 33.8. The van der Waals surface area contributed by atoms with E-state index in [2.05, 4.69) is 46.8 Å². The number of rotatable bonds is 13. The van der Waals surface area contributed by atoms with E-state index in [4.69, 9.17) is 9.88 Å². The molecule has 1 fully saturated rings. The van der Waals surface area contributed by atoms with Gasteiger partial charge in [-0.25, -0.2) is 28.0 Å². The van der Waals surface area contributed by atoms with E-state index in [9.17, 15) is 42.6 Å². The van der Waals surface area contributed by atoms with Crippen molar-refractivity contribution in [3.05, 3.63) is 81.9 Å². The number of urea groups is 1. The molecule has 26 heteroatoms. The minimum atomic E-state index is -3.92. The Balaban J connectivity index is 0.00000600. The Morgan fingerprint density at radius 1 is 1.18 bits per heavy atom. The van der Waals surface area contributed by atoms with Crippen molar-refractivity contribution in [2.45, 2.75) is 27.2 Å². The first kappa shape index (κ1) is 42.1. The molecule has 1 saturated heterocycles. The van der Waals surface area contributed by atoms with Gasteiger partial charge >= 0.3 is 35.6 Å². The first-order valence-electron chi connectivity index (χ1n) is 15.6. The van der Waals surface area contributed by atoms with Crippen LogP contribution in [-0.4, -0.2) is 102 Å². The largest absolute Gasteiger partial charge is 1.00 e. The van der Waals surface area contributed by atoms with E-state index < -0.39 is 56.5 Å². The number of H-pyrrole nitrogens is 1. The van der Waals surface area contributed by atoms with Gasteiger partial charge in [-0.05, 0) is 58.0 Å². The van der Waals surface area contributed by atoms with Crippen LogP contribution in [0.3, 0.4) is 0 Å². The number of nitrogens with two attached hydrogens (primary N) is 1.